The van der Waals surface area contributed by atoms with Crippen molar-refractivity contribution in [2.45, 2.75) is 29.8 Å². The first-order valence-corrected chi connectivity index (χ1v) is 8.88. The SMILES string of the molecule is O=S(=O)(NCC1(O)CCC1)c1cc(Br)sc1Br. The van der Waals surface area contributed by atoms with Crippen LogP contribution in [0.15, 0.2) is 18.5 Å². The third-order valence-electron chi connectivity index (χ3n) is 2.79. The molecular formula is C9H11Br2NO3S2. The Bertz CT molecular complexity index is 522. The van der Waals surface area contributed by atoms with Gasteiger partial charge in [-0.25, -0.2) is 13.1 Å². The van der Waals surface area contributed by atoms with Crippen molar-refractivity contribution in [3.05, 3.63) is 13.6 Å². The minimum Gasteiger partial charge on any atom is -0.389 e. The van der Waals surface area contributed by atoms with Crippen LogP contribution in [0.3, 0.4) is 0 Å². The van der Waals surface area contributed by atoms with Crippen LogP contribution in [-0.2, 0) is 10.0 Å². The highest BCUT2D eigenvalue weighted by atomic mass is 79.9. The molecule has 0 saturated heterocycles. The van der Waals surface area contributed by atoms with Crippen molar-refractivity contribution >= 4 is 53.2 Å². The molecular weight excluding hydrogens is 394 g/mol. The number of halogens is 2. The van der Waals surface area contributed by atoms with Crippen molar-refractivity contribution in [2.75, 3.05) is 6.54 Å². The molecule has 1 fully saturated rings. The van der Waals surface area contributed by atoms with Crippen molar-refractivity contribution in [1.29, 1.82) is 0 Å². The van der Waals surface area contributed by atoms with Gasteiger partial charge in [-0.1, -0.05) is 0 Å². The maximum Gasteiger partial charge on any atom is 0.242 e. The van der Waals surface area contributed by atoms with E-state index >= 15 is 0 Å². The zero-order valence-corrected chi connectivity index (χ0v) is 13.5. The second kappa shape index (κ2) is 4.90. The molecule has 1 aliphatic carbocycles. The Balaban J connectivity index is 2.11. The summed E-state index contributed by atoms with van der Waals surface area (Å²) in [7, 11) is -3.56. The first kappa shape index (κ1) is 14.0. The summed E-state index contributed by atoms with van der Waals surface area (Å²) in [4.78, 5) is 0.206. The summed E-state index contributed by atoms with van der Waals surface area (Å²) in [5.74, 6) is 0. The largest absolute Gasteiger partial charge is 0.389 e. The van der Waals surface area contributed by atoms with E-state index in [1.807, 2.05) is 0 Å². The van der Waals surface area contributed by atoms with Crippen LogP contribution in [0.5, 0.6) is 0 Å². The summed E-state index contributed by atoms with van der Waals surface area (Å²) in [5.41, 5.74) is -0.854. The highest BCUT2D eigenvalue weighted by Crippen LogP contribution is 2.35. The van der Waals surface area contributed by atoms with Crippen LogP contribution in [0.4, 0.5) is 0 Å². The predicted octanol–water partition coefficient (Wildman–Crippen LogP) is 2.47. The van der Waals surface area contributed by atoms with E-state index in [4.69, 9.17) is 0 Å². The second-order valence-corrected chi connectivity index (χ2v) is 9.58. The van der Waals surface area contributed by atoms with Gasteiger partial charge in [-0.15, -0.1) is 11.3 Å². The van der Waals surface area contributed by atoms with Crippen LogP contribution >= 0.6 is 43.2 Å². The van der Waals surface area contributed by atoms with Crippen molar-refractivity contribution < 1.29 is 13.5 Å². The molecule has 1 aromatic heterocycles. The van der Waals surface area contributed by atoms with Crippen LogP contribution in [0, 0.1) is 0 Å². The normalized spacial score (nSPS) is 19.0. The van der Waals surface area contributed by atoms with Crippen LogP contribution in [0.25, 0.3) is 0 Å². The van der Waals surface area contributed by atoms with Crippen molar-refractivity contribution in [2.24, 2.45) is 0 Å². The van der Waals surface area contributed by atoms with E-state index in [1.54, 1.807) is 6.07 Å². The van der Waals surface area contributed by atoms with Gasteiger partial charge in [-0.3, -0.25) is 0 Å². The first-order chi connectivity index (χ1) is 7.82. The number of sulfonamides is 1. The second-order valence-electron chi connectivity index (χ2n) is 4.09. The summed E-state index contributed by atoms with van der Waals surface area (Å²) in [6.45, 7) is 0.0786. The molecule has 1 saturated carbocycles. The van der Waals surface area contributed by atoms with E-state index < -0.39 is 15.6 Å². The molecule has 0 amide bonds. The number of aliphatic hydroxyl groups is 1. The molecule has 96 valence electrons. The molecule has 0 aliphatic heterocycles. The Hall–Kier alpha value is 0.530. The number of thiophene rings is 1. The smallest absolute Gasteiger partial charge is 0.242 e. The van der Waals surface area contributed by atoms with E-state index in [0.717, 1.165) is 10.2 Å². The topological polar surface area (TPSA) is 66.4 Å². The van der Waals surface area contributed by atoms with Gasteiger partial charge in [0.2, 0.25) is 10.0 Å². The molecule has 1 aliphatic rings. The molecule has 2 N–H and O–H groups in total. The molecule has 0 bridgehead atoms. The fourth-order valence-electron chi connectivity index (χ4n) is 1.58. The molecule has 17 heavy (non-hydrogen) atoms. The Morgan fingerprint density at radius 1 is 1.47 bits per heavy atom. The Kier molecular flexibility index (Phi) is 4.02. The van der Waals surface area contributed by atoms with Crippen LogP contribution < -0.4 is 4.72 Å². The van der Waals surface area contributed by atoms with Crippen LogP contribution in [-0.4, -0.2) is 25.7 Å². The lowest BCUT2D eigenvalue weighted by Crippen LogP contribution is -2.47. The minimum absolute atomic E-state index is 0.0786. The molecule has 1 aromatic rings. The lowest BCUT2D eigenvalue weighted by atomic mass is 9.81. The van der Waals surface area contributed by atoms with Crippen molar-refractivity contribution in [3.8, 4) is 0 Å². The van der Waals surface area contributed by atoms with Gasteiger partial charge in [0, 0.05) is 6.54 Å². The molecule has 0 unspecified atom stereocenters. The Morgan fingerprint density at radius 2 is 2.12 bits per heavy atom. The van der Waals surface area contributed by atoms with E-state index in [9.17, 15) is 13.5 Å². The maximum absolute atomic E-state index is 12.0. The summed E-state index contributed by atoms with van der Waals surface area (Å²) >= 11 is 7.75. The average molecular weight is 405 g/mol. The monoisotopic (exact) mass is 403 g/mol. The van der Waals surface area contributed by atoms with Gasteiger partial charge in [-0.05, 0) is 57.2 Å². The van der Waals surface area contributed by atoms with E-state index in [-0.39, 0.29) is 11.4 Å². The van der Waals surface area contributed by atoms with Crippen molar-refractivity contribution in [1.82, 2.24) is 4.72 Å². The fraction of sp³-hybridized carbons (Fsp3) is 0.556. The minimum atomic E-state index is -3.56. The van der Waals surface area contributed by atoms with Gasteiger partial charge in [0.25, 0.3) is 0 Å². The first-order valence-electron chi connectivity index (χ1n) is 4.99. The summed E-state index contributed by atoms with van der Waals surface area (Å²) < 4.78 is 27.7. The molecule has 0 radical (unpaired) electrons. The van der Waals surface area contributed by atoms with E-state index in [2.05, 4.69) is 36.6 Å². The number of nitrogens with one attached hydrogen (secondary N) is 1. The summed E-state index contributed by atoms with van der Waals surface area (Å²) in [6, 6.07) is 1.54. The molecule has 2 rings (SSSR count). The summed E-state index contributed by atoms with van der Waals surface area (Å²) in [5, 5.41) is 9.85. The number of hydrogen-bond donors (Lipinski definition) is 2. The Labute approximate surface area is 121 Å². The molecule has 0 atom stereocenters. The molecule has 0 aromatic carbocycles. The maximum atomic E-state index is 12.0. The standard InChI is InChI=1S/C9H11Br2NO3S2/c10-7-4-6(8(11)16-7)17(14,15)12-5-9(13)2-1-3-9/h4,12-13H,1-3,5H2. The number of hydrogen-bond acceptors (Lipinski definition) is 4. The zero-order chi connectivity index (χ0) is 12.7. The highest BCUT2D eigenvalue weighted by Gasteiger charge is 2.35. The molecule has 1 heterocycles. The number of rotatable bonds is 4. The van der Waals surface area contributed by atoms with Gasteiger partial charge < -0.3 is 5.11 Å². The van der Waals surface area contributed by atoms with Crippen LogP contribution in [0.1, 0.15) is 19.3 Å². The van der Waals surface area contributed by atoms with E-state index in [0.29, 0.717) is 16.6 Å². The van der Waals surface area contributed by atoms with E-state index in [1.165, 1.54) is 11.3 Å². The zero-order valence-electron chi connectivity index (χ0n) is 8.74. The average Bonchev–Trinajstić information content (AvgIpc) is 2.53. The fourth-order valence-corrected chi connectivity index (χ4v) is 6.51. The third-order valence-corrected chi connectivity index (χ3v) is 6.95. The highest BCUT2D eigenvalue weighted by molar-refractivity contribution is 9.12. The lowest BCUT2D eigenvalue weighted by molar-refractivity contribution is -0.0270. The van der Waals surface area contributed by atoms with Gasteiger partial charge in [0.05, 0.1) is 13.2 Å². The predicted molar refractivity (Wildman–Crippen MR) is 73.7 cm³/mol. The summed E-state index contributed by atoms with van der Waals surface area (Å²) in [6.07, 6.45) is 2.26. The third kappa shape index (κ3) is 3.10. The molecule has 0 spiro atoms. The van der Waals surface area contributed by atoms with Crippen LogP contribution in [0.2, 0.25) is 0 Å². The van der Waals surface area contributed by atoms with Gasteiger partial charge in [0.15, 0.2) is 0 Å². The lowest BCUT2D eigenvalue weighted by Gasteiger charge is -2.36. The molecule has 8 heteroatoms. The van der Waals surface area contributed by atoms with Gasteiger partial charge in [-0.2, -0.15) is 0 Å². The van der Waals surface area contributed by atoms with Gasteiger partial charge in [0.1, 0.15) is 4.90 Å². The van der Waals surface area contributed by atoms with Crippen molar-refractivity contribution in [3.63, 3.8) is 0 Å². The van der Waals surface area contributed by atoms with Gasteiger partial charge >= 0.3 is 0 Å². The Morgan fingerprint density at radius 3 is 2.53 bits per heavy atom. The quantitative estimate of drug-likeness (QED) is 0.809. The molecule has 4 nitrogen and oxygen atoms in total.